The number of rotatable bonds is 3. The van der Waals surface area contributed by atoms with Crippen LogP contribution >= 0.6 is 9.24 Å². The summed E-state index contributed by atoms with van der Waals surface area (Å²) >= 11 is 0. The first kappa shape index (κ1) is 13.6. The molecule has 1 rings (SSSR count). The van der Waals surface area contributed by atoms with E-state index in [1.54, 1.807) is 6.92 Å². The Bertz CT molecular complexity index is 475. The van der Waals surface area contributed by atoms with Gasteiger partial charge in [-0.2, -0.15) is 0 Å². The van der Waals surface area contributed by atoms with E-state index in [-0.39, 0.29) is 23.2 Å². The van der Waals surface area contributed by atoms with Gasteiger partial charge in [0.2, 0.25) is 0 Å². The van der Waals surface area contributed by atoms with E-state index in [9.17, 15) is 13.6 Å². The Morgan fingerprint density at radius 3 is 2.71 bits per heavy atom. The zero-order chi connectivity index (χ0) is 13.0. The maximum Gasteiger partial charge on any atom is 0.354 e. The fraction of sp³-hybridized carbons (Fsp3) is 0.182. The van der Waals surface area contributed by atoms with Crippen LogP contribution in [0.5, 0.6) is 0 Å². The summed E-state index contributed by atoms with van der Waals surface area (Å²) in [5.41, 5.74) is 5.21. The van der Waals surface area contributed by atoms with E-state index in [4.69, 9.17) is 5.73 Å². The first-order chi connectivity index (χ1) is 7.95. The van der Waals surface area contributed by atoms with Crippen LogP contribution in [0.4, 0.5) is 8.78 Å². The first-order valence-electron chi connectivity index (χ1n) is 4.84. The number of benzene rings is 1. The molecule has 0 aliphatic carbocycles. The van der Waals surface area contributed by atoms with Crippen LogP contribution in [0, 0.1) is 11.6 Å². The fourth-order valence-corrected chi connectivity index (χ4v) is 1.40. The van der Waals surface area contributed by atoms with Gasteiger partial charge >= 0.3 is 5.97 Å². The van der Waals surface area contributed by atoms with Crippen molar-refractivity contribution < 1.29 is 18.3 Å². The van der Waals surface area contributed by atoms with E-state index < -0.39 is 17.6 Å². The highest BCUT2D eigenvalue weighted by Gasteiger charge is 2.10. The van der Waals surface area contributed by atoms with E-state index in [0.717, 1.165) is 12.1 Å². The molecule has 0 spiro atoms. The molecule has 3 nitrogen and oxygen atoms in total. The lowest BCUT2D eigenvalue weighted by atomic mass is 10.1. The van der Waals surface area contributed by atoms with Crippen LogP contribution in [0.3, 0.4) is 0 Å². The highest BCUT2D eigenvalue weighted by atomic mass is 31.0. The molecule has 0 saturated carbocycles. The predicted octanol–water partition coefficient (Wildman–Crippen LogP) is 1.33. The molecule has 0 fully saturated rings. The van der Waals surface area contributed by atoms with Gasteiger partial charge in [0.25, 0.3) is 0 Å². The van der Waals surface area contributed by atoms with Crippen LogP contribution in [0.2, 0.25) is 0 Å². The molecule has 0 aliphatic rings. The lowest BCUT2D eigenvalue weighted by Crippen LogP contribution is -2.14. The standard InChI is InChI=1S/C11H12F2NO2P/c1-2-16-11(15)9(14)3-6-4-10(17)8(13)5-7(6)12/h3-5H,2,14,17H2,1H3/b9-3-. The van der Waals surface area contributed by atoms with Gasteiger partial charge in [0.15, 0.2) is 0 Å². The van der Waals surface area contributed by atoms with Crippen molar-refractivity contribution in [3.63, 3.8) is 0 Å². The lowest BCUT2D eigenvalue weighted by molar-refractivity contribution is -0.138. The van der Waals surface area contributed by atoms with Gasteiger partial charge in [0.1, 0.15) is 17.3 Å². The Morgan fingerprint density at radius 1 is 1.47 bits per heavy atom. The molecule has 1 atom stereocenters. The molecule has 6 heteroatoms. The maximum absolute atomic E-state index is 13.3. The molecule has 0 aromatic heterocycles. The molecule has 0 amide bonds. The van der Waals surface area contributed by atoms with Gasteiger partial charge in [-0.25, -0.2) is 13.6 Å². The second-order valence-corrected chi connectivity index (χ2v) is 3.84. The number of ether oxygens (including phenoxy) is 1. The van der Waals surface area contributed by atoms with E-state index in [1.807, 2.05) is 0 Å². The molecular weight excluding hydrogens is 247 g/mol. The predicted molar refractivity (Wildman–Crippen MR) is 64.5 cm³/mol. The van der Waals surface area contributed by atoms with Crippen molar-refractivity contribution in [3.8, 4) is 0 Å². The molecule has 92 valence electrons. The number of hydrogen-bond donors (Lipinski definition) is 1. The Balaban J connectivity index is 3.06. The topological polar surface area (TPSA) is 52.3 Å². The summed E-state index contributed by atoms with van der Waals surface area (Å²) in [6, 6.07) is 1.97. The van der Waals surface area contributed by atoms with Crippen LogP contribution < -0.4 is 11.0 Å². The molecule has 1 aromatic rings. The quantitative estimate of drug-likeness (QED) is 0.506. The minimum atomic E-state index is -0.791. The summed E-state index contributed by atoms with van der Waals surface area (Å²) in [6.45, 7) is 1.80. The smallest absolute Gasteiger partial charge is 0.354 e. The minimum Gasteiger partial charge on any atom is -0.461 e. The van der Waals surface area contributed by atoms with Crippen LogP contribution in [0.25, 0.3) is 6.08 Å². The van der Waals surface area contributed by atoms with Crippen molar-refractivity contribution in [2.24, 2.45) is 5.73 Å². The second-order valence-electron chi connectivity index (χ2n) is 3.22. The lowest BCUT2D eigenvalue weighted by Gasteiger charge is -2.04. The molecular formula is C11H12F2NO2P. The van der Waals surface area contributed by atoms with Crippen molar-refractivity contribution in [2.45, 2.75) is 6.92 Å². The van der Waals surface area contributed by atoms with Gasteiger partial charge in [0.05, 0.1) is 6.61 Å². The number of halogens is 2. The van der Waals surface area contributed by atoms with Crippen molar-refractivity contribution >= 4 is 26.6 Å². The molecule has 0 aliphatic heterocycles. The van der Waals surface area contributed by atoms with E-state index in [1.165, 1.54) is 6.07 Å². The molecule has 2 N–H and O–H groups in total. The Labute approximate surface area is 99.8 Å². The molecule has 1 unspecified atom stereocenters. The van der Waals surface area contributed by atoms with Crippen molar-refractivity contribution in [3.05, 3.63) is 35.0 Å². The fourth-order valence-electron chi connectivity index (χ4n) is 1.13. The third-order valence-corrected chi connectivity index (χ3v) is 2.38. The first-order valence-corrected chi connectivity index (χ1v) is 5.42. The molecule has 0 radical (unpaired) electrons. The van der Waals surface area contributed by atoms with E-state index >= 15 is 0 Å². The molecule has 0 bridgehead atoms. The SMILES string of the molecule is CCOC(=O)/C(N)=C/c1cc(P)c(F)cc1F. The largest absolute Gasteiger partial charge is 0.461 e. The molecule has 0 saturated heterocycles. The third-order valence-electron chi connectivity index (χ3n) is 1.94. The Kier molecular flexibility index (Phi) is 4.58. The van der Waals surface area contributed by atoms with Gasteiger partial charge in [-0.1, -0.05) is 0 Å². The summed E-state index contributed by atoms with van der Waals surface area (Å²) in [5, 5.41) is 0.189. The third kappa shape index (κ3) is 3.49. The number of hydrogen-bond acceptors (Lipinski definition) is 3. The highest BCUT2D eigenvalue weighted by molar-refractivity contribution is 7.27. The number of carbonyl (C=O) groups excluding carboxylic acids is 1. The van der Waals surface area contributed by atoms with Gasteiger partial charge in [-0.15, -0.1) is 9.24 Å². The number of esters is 1. The van der Waals surface area contributed by atoms with Gasteiger partial charge < -0.3 is 10.5 Å². The highest BCUT2D eigenvalue weighted by Crippen LogP contribution is 2.13. The average molecular weight is 259 g/mol. The second kappa shape index (κ2) is 5.73. The van der Waals surface area contributed by atoms with Crippen molar-refractivity contribution in [1.29, 1.82) is 0 Å². The summed E-state index contributed by atoms with van der Waals surface area (Å²) in [6.07, 6.45) is 1.11. The van der Waals surface area contributed by atoms with E-state index in [2.05, 4.69) is 14.0 Å². The average Bonchev–Trinajstić information content (AvgIpc) is 2.26. The van der Waals surface area contributed by atoms with Gasteiger partial charge in [-0.05, 0) is 19.1 Å². The number of carbonyl (C=O) groups is 1. The Morgan fingerprint density at radius 2 is 2.12 bits per heavy atom. The van der Waals surface area contributed by atoms with Crippen LogP contribution in [-0.4, -0.2) is 12.6 Å². The maximum atomic E-state index is 13.3. The van der Waals surface area contributed by atoms with Crippen LogP contribution in [0.15, 0.2) is 17.8 Å². The van der Waals surface area contributed by atoms with Gasteiger partial charge in [-0.3, -0.25) is 0 Å². The number of nitrogens with two attached hydrogens (primary N) is 1. The van der Waals surface area contributed by atoms with Crippen molar-refractivity contribution in [2.75, 3.05) is 6.61 Å². The molecule has 1 aromatic carbocycles. The van der Waals surface area contributed by atoms with Crippen LogP contribution in [-0.2, 0) is 9.53 Å². The monoisotopic (exact) mass is 259 g/mol. The normalized spacial score (nSPS) is 11.4. The Hall–Kier alpha value is -1.48. The zero-order valence-electron chi connectivity index (χ0n) is 9.17. The summed E-state index contributed by atoms with van der Waals surface area (Å²) in [5.74, 6) is -2.21. The van der Waals surface area contributed by atoms with Crippen molar-refractivity contribution in [1.82, 2.24) is 0 Å². The van der Waals surface area contributed by atoms with E-state index in [0.29, 0.717) is 0 Å². The van der Waals surface area contributed by atoms with Crippen LogP contribution in [0.1, 0.15) is 12.5 Å². The molecule has 17 heavy (non-hydrogen) atoms. The van der Waals surface area contributed by atoms with Gasteiger partial charge in [0, 0.05) is 16.9 Å². The zero-order valence-corrected chi connectivity index (χ0v) is 10.3. The summed E-state index contributed by atoms with van der Waals surface area (Å²) in [4.78, 5) is 11.2. The summed E-state index contributed by atoms with van der Waals surface area (Å²) in [7, 11) is 2.12. The molecule has 0 heterocycles. The summed E-state index contributed by atoms with van der Waals surface area (Å²) < 4.78 is 30.9. The minimum absolute atomic E-state index is 0.0296.